The summed E-state index contributed by atoms with van der Waals surface area (Å²) in [5.41, 5.74) is 5.06. The van der Waals surface area contributed by atoms with E-state index in [1.165, 1.54) is 6.07 Å². The minimum atomic E-state index is -2.77. The number of pyridine rings is 1. The first-order valence-corrected chi connectivity index (χ1v) is 5.93. The first kappa shape index (κ1) is 14.2. The number of halogens is 3. The minimum absolute atomic E-state index is 0.0476. The van der Waals surface area contributed by atoms with Crippen LogP contribution in [-0.2, 0) is 11.3 Å². The molecule has 4 nitrogen and oxygen atoms in total. The van der Waals surface area contributed by atoms with E-state index in [9.17, 15) is 13.6 Å². The highest BCUT2D eigenvalue weighted by Gasteiger charge is 2.21. The molecule has 0 atom stereocenters. The highest BCUT2D eigenvalue weighted by atomic mass is 127. The van der Waals surface area contributed by atoms with Crippen LogP contribution in [0.25, 0.3) is 0 Å². The Hall–Kier alpha value is -0.830. The molecule has 0 aliphatic heterocycles. The second-order valence-electron chi connectivity index (χ2n) is 3.08. The van der Waals surface area contributed by atoms with Crippen molar-refractivity contribution in [2.45, 2.75) is 19.9 Å². The maximum atomic E-state index is 12.8. The van der Waals surface area contributed by atoms with Gasteiger partial charge in [-0.25, -0.2) is 18.6 Å². The third-order valence-corrected chi connectivity index (χ3v) is 2.96. The molecule has 17 heavy (non-hydrogen) atoms. The molecular formula is C10H11F2IN2O2. The molecule has 0 amide bonds. The van der Waals surface area contributed by atoms with E-state index in [0.717, 1.165) is 0 Å². The molecule has 0 fully saturated rings. The second-order valence-corrected chi connectivity index (χ2v) is 4.24. The van der Waals surface area contributed by atoms with E-state index in [2.05, 4.69) is 4.98 Å². The van der Waals surface area contributed by atoms with Gasteiger partial charge in [-0.05, 0) is 35.6 Å². The minimum Gasteiger partial charge on any atom is -0.461 e. The Morgan fingerprint density at radius 3 is 2.76 bits per heavy atom. The van der Waals surface area contributed by atoms with Crippen molar-refractivity contribution in [1.29, 1.82) is 0 Å². The van der Waals surface area contributed by atoms with Crippen molar-refractivity contribution >= 4 is 28.6 Å². The van der Waals surface area contributed by atoms with Gasteiger partial charge in [-0.2, -0.15) is 0 Å². The summed E-state index contributed by atoms with van der Waals surface area (Å²) in [5.74, 6) is -0.712. The molecule has 1 heterocycles. The van der Waals surface area contributed by atoms with Crippen molar-refractivity contribution in [2.24, 2.45) is 5.73 Å². The Morgan fingerprint density at radius 2 is 2.29 bits per heavy atom. The van der Waals surface area contributed by atoms with E-state index < -0.39 is 18.1 Å². The van der Waals surface area contributed by atoms with Crippen LogP contribution in [-0.4, -0.2) is 17.6 Å². The Morgan fingerprint density at radius 1 is 1.65 bits per heavy atom. The fraction of sp³-hybridized carbons (Fsp3) is 0.400. The van der Waals surface area contributed by atoms with Gasteiger partial charge >= 0.3 is 5.97 Å². The largest absolute Gasteiger partial charge is 0.461 e. The Labute approximate surface area is 111 Å². The SMILES string of the molecule is CCOC(=O)c1cc(I)c(CN)c(C(F)F)n1. The molecule has 0 aliphatic carbocycles. The molecule has 1 aromatic heterocycles. The number of esters is 1. The van der Waals surface area contributed by atoms with Gasteiger partial charge in [0.15, 0.2) is 0 Å². The molecule has 2 N–H and O–H groups in total. The molecule has 0 aliphatic rings. The first-order chi connectivity index (χ1) is 8.01. The standard InChI is InChI=1S/C10H11F2IN2O2/c1-2-17-10(16)7-3-6(13)5(4-14)8(15-7)9(11)12/h3,9H,2,4,14H2,1H3. The number of carbonyl (C=O) groups is 1. The number of hydrogen-bond donors (Lipinski definition) is 1. The summed E-state index contributed by atoms with van der Waals surface area (Å²) in [4.78, 5) is 15.0. The number of carbonyl (C=O) groups excluding carboxylic acids is 1. The number of rotatable bonds is 4. The summed E-state index contributed by atoms with van der Waals surface area (Å²) in [6.45, 7) is 1.75. The molecule has 0 saturated carbocycles. The van der Waals surface area contributed by atoms with Crippen molar-refractivity contribution in [1.82, 2.24) is 4.98 Å². The monoisotopic (exact) mass is 356 g/mol. The average Bonchev–Trinajstić information content (AvgIpc) is 2.28. The van der Waals surface area contributed by atoms with Gasteiger partial charge in [0.05, 0.1) is 6.61 Å². The zero-order chi connectivity index (χ0) is 13.0. The lowest BCUT2D eigenvalue weighted by atomic mass is 10.1. The van der Waals surface area contributed by atoms with E-state index in [4.69, 9.17) is 10.5 Å². The summed E-state index contributed by atoms with van der Waals surface area (Å²) in [6, 6.07) is 1.40. The van der Waals surface area contributed by atoms with Crippen LogP contribution < -0.4 is 5.73 Å². The summed E-state index contributed by atoms with van der Waals surface area (Å²) in [5, 5.41) is 0. The van der Waals surface area contributed by atoms with Gasteiger partial charge in [-0.1, -0.05) is 0 Å². The predicted molar refractivity (Wildman–Crippen MR) is 65.8 cm³/mol. The Bertz CT molecular complexity index is 427. The highest BCUT2D eigenvalue weighted by Crippen LogP contribution is 2.25. The zero-order valence-corrected chi connectivity index (χ0v) is 11.2. The van der Waals surface area contributed by atoms with Crippen molar-refractivity contribution in [3.8, 4) is 0 Å². The molecule has 0 saturated heterocycles. The lowest BCUT2D eigenvalue weighted by molar-refractivity contribution is 0.0517. The van der Waals surface area contributed by atoms with Crippen LogP contribution >= 0.6 is 22.6 Å². The first-order valence-electron chi connectivity index (χ1n) is 4.85. The summed E-state index contributed by atoms with van der Waals surface area (Å²) >= 11 is 1.85. The molecule has 7 heteroatoms. The number of aromatic nitrogens is 1. The Kier molecular flexibility index (Phi) is 5.19. The Balaban J connectivity index is 3.24. The average molecular weight is 356 g/mol. The molecule has 1 aromatic rings. The van der Waals surface area contributed by atoms with Gasteiger partial charge < -0.3 is 10.5 Å². The molecule has 94 valence electrons. The van der Waals surface area contributed by atoms with Crippen LogP contribution in [0.3, 0.4) is 0 Å². The van der Waals surface area contributed by atoms with Crippen LogP contribution in [0.15, 0.2) is 6.07 Å². The lowest BCUT2D eigenvalue weighted by Gasteiger charge is -2.10. The smallest absolute Gasteiger partial charge is 0.356 e. The van der Waals surface area contributed by atoms with Gasteiger partial charge in [0.2, 0.25) is 0 Å². The predicted octanol–water partition coefficient (Wildman–Crippen LogP) is 2.26. The third-order valence-electron chi connectivity index (χ3n) is 2.00. The van der Waals surface area contributed by atoms with Crippen molar-refractivity contribution in [3.63, 3.8) is 0 Å². The van der Waals surface area contributed by atoms with Gasteiger partial charge in [0, 0.05) is 15.7 Å². The summed E-state index contributed by atoms with van der Waals surface area (Å²) < 4.78 is 30.7. The normalized spacial score (nSPS) is 10.7. The fourth-order valence-corrected chi connectivity index (χ4v) is 2.04. The molecular weight excluding hydrogens is 345 g/mol. The molecule has 0 spiro atoms. The second kappa shape index (κ2) is 6.20. The lowest BCUT2D eigenvalue weighted by Crippen LogP contribution is -2.13. The highest BCUT2D eigenvalue weighted by molar-refractivity contribution is 14.1. The zero-order valence-electron chi connectivity index (χ0n) is 9.04. The molecule has 0 bridgehead atoms. The fourth-order valence-electron chi connectivity index (χ4n) is 1.25. The third kappa shape index (κ3) is 3.32. The quantitative estimate of drug-likeness (QED) is 0.664. The van der Waals surface area contributed by atoms with Crippen molar-refractivity contribution in [2.75, 3.05) is 6.61 Å². The van der Waals surface area contributed by atoms with Crippen molar-refractivity contribution < 1.29 is 18.3 Å². The van der Waals surface area contributed by atoms with Gasteiger partial charge in [-0.15, -0.1) is 0 Å². The van der Waals surface area contributed by atoms with Gasteiger partial charge in [-0.3, -0.25) is 0 Å². The van der Waals surface area contributed by atoms with Crippen LogP contribution in [0, 0.1) is 3.57 Å². The molecule has 0 aromatic carbocycles. The number of nitrogens with zero attached hydrogens (tertiary/aromatic N) is 1. The van der Waals surface area contributed by atoms with E-state index >= 15 is 0 Å². The van der Waals surface area contributed by atoms with E-state index in [1.54, 1.807) is 6.92 Å². The van der Waals surface area contributed by atoms with Gasteiger partial charge in [0.1, 0.15) is 11.4 Å². The summed E-state index contributed by atoms with van der Waals surface area (Å²) in [6.07, 6.45) is -2.77. The number of ether oxygens (including phenoxy) is 1. The molecule has 0 unspecified atom stereocenters. The number of hydrogen-bond acceptors (Lipinski definition) is 4. The van der Waals surface area contributed by atoms with Crippen LogP contribution in [0.1, 0.15) is 35.1 Å². The molecule has 0 radical (unpaired) electrons. The van der Waals surface area contributed by atoms with E-state index in [0.29, 0.717) is 3.57 Å². The van der Waals surface area contributed by atoms with Crippen LogP contribution in [0.2, 0.25) is 0 Å². The number of nitrogens with two attached hydrogens (primary N) is 1. The van der Waals surface area contributed by atoms with E-state index in [-0.39, 0.29) is 24.4 Å². The maximum Gasteiger partial charge on any atom is 0.356 e. The maximum absolute atomic E-state index is 12.8. The summed E-state index contributed by atoms with van der Waals surface area (Å²) in [7, 11) is 0. The topological polar surface area (TPSA) is 65.2 Å². The molecule has 1 rings (SSSR count). The van der Waals surface area contributed by atoms with Gasteiger partial charge in [0.25, 0.3) is 6.43 Å². The van der Waals surface area contributed by atoms with Crippen LogP contribution in [0.5, 0.6) is 0 Å². The van der Waals surface area contributed by atoms with Crippen molar-refractivity contribution in [3.05, 3.63) is 26.6 Å². The number of alkyl halides is 2. The van der Waals surface area contributed by atoms with Crippen LogP contribution in [0.4, 0.5) is 8.78 Å². The van der Waals surface area contributed by atoms with E-state index in [1.807, 2.05) is 22.6 Å².